The van der Waals surface area contributed by atoms with Crippen LogP contribution in [-0.2, 0) is 12.1 Å². The maximum absolute atomic E-state index is 13.2. The van der Waals surface area contributed by atoms with E-state index in [1.165, 1.54) is 24.3 Å². The number of benzene rings is 2. The molecule has 0 aliphatic rings. The summed E-state index contributed by atoms with van der Waals surface area (Å²) in [6.07, 6.45) is -4.53. The normalized spacial score (nSPS) is 11.5. The Morgan fingerprint density at radius 2 is 1.81 bits per heavy atom. The molecule has 0 radical (unpaired) electrons. The van der Waals surface area contributed by atoms with E-state index < -0.39 is 17.6 Å². The minimum atomic E-state index is -4.53. The van der Waals surface area contributed by atoms with Crippen molar-refractivity contribution in [1.82, 2.24) is 0 Å². The second-order valence-electron chi connectivity index (χ2n) is 4.46. The number of hydrogen-bond donors (Lipinski definition) is 0. The lowest BCUT2D eigenvalue weighted by molar-refractivity contribution is -0.138. The molecule has 0 heterocycles. The van der Waals surface area contributed by atoms with Gasteiger partial charge in [-0.2, -0.15) is 13.2 Å². The summed E-state index contributed by atoms with van der Waals surface area (Å²) in [5.74, 6) is -0.635. The summed E-state index contributed by atoms with van der Waals surface area (Å²) in [6, 6.07) is 7.35. The van der Waals surface area contributed by atoms with Gasteiger partial charge in [-0.05, 0) is 36.2 Å². The maximum Gasteiger partial charge on any atom is 0.416 e. The summed E-state index contributed by atoms with van der Waals surface area (Å²) >= 11 is 5.51. The second kappa shape index (κ2) is 5.93. The Balaban J connectivity index is 2.39. The average molecular weight is 319 g/mol. The van der Waals surface area contributed by atoms with Crippen LogP contribution in [0.3, 0.4) is 0 Å². The van der Waals surface area contributed by atoms with Crippen molar-refractivity contribution < 1.29 is 22.3 Å². The van der Waals surface area contributed by atoms with Gasteiger partial charge in [0, 0.05) is 11.9 Å². The lowest BCUT2D eigenvalue weighted by atomic mass is 10.1. The zero-order valence-electron chi connectivity index (χ0n) is 11.0. The molecule has 0 aliphatic carbocycles. The van der Waals surface area contributed by atoms with E-state index in [-0.39, 0.29) is 22.9 Å². The lowest BCUT2D eigenvalue weighted by Crippen LogP contribution is -2.08. The fraction of sp³-hybridized carbons (Fsp3) is 0.200. The topological polar surface area (TPSA) is 9.23 Å². The number of alkyl halides is 4. The molecule has 0 saturated carbocycles. The third kappa shape index (κ3) is 3.67. The predicted octanol–water partition coefficient (Wildman–Crippen LogP) is 5.68. The molecular weight excluding hydrogens is 308 g/mol. The highest BCUT2D eigenvalue weighted by Crippen LogP contribution is 2.36. The lowest BCUT2D eigenvalue weighted by Gasteiger charge is -2.14. The van der Waals surface area contributed by atoms with Gasteiger partial charge in [-0.1, -0.05) is 12.1 Å². The average Bonchev–Trinajstić information content (AvgIpc) is 2.42. The monoisotopic (exact) mass is 318 g/mol. The minimum absolute atomic E-state index is 0.0232. The fourth-order valence-electron chi connectivity index (χ4n) is 1.81. The van der Waals surface area contributed by atoms with Gasteiger partial charge in [-0.3, -0.25) is 0 Å². The van der Waals surface area contributed by atoms with Gasteiger partial charge in [0.25, 0.3) is 0 Å². The van der Waals surface area contributed by atoms with E-state index in [2.05, 4.69) is 0 Å². The van der Waals surface area contributed by atoms with Gasteiger partial charge in [0.1, 0.15) is 17.3 Å². The number of aryl methyl sites for hydroxylation is 1. The summed E-state index contributed by atoms with van der Waals surface area (Å²) in [4.78, 5) is 0. The summed E-state index contributed by atoms with van der Waals surface area (Å²) in [5, 5.41) is 0. The summed E-state index contributed by atoms with van der Waals surface area (Å²) < 4.78 is 57.3. The third-order valence-corrected chi connectivity index (χ3v) is 3.20. The Labute approximate surface area is 124 Å². The first-order valence-electron chi connectivity index (χ1n) is 6.01. The minimum Gasteiger partial charge on any atom is -0.457 e. The van der Waals surface area contributed by atoms with Crippen molar-refractivity contribution in [3.63, 3.8) is 0 Å². The van der Waals surface area contributed by atoms with Crippen molar-refractivity contribution in [3.8, 4) is 11.5 Å². The third-order valence-electron chi connectivity index (χ3n) is 2.91. The van der Waals surface area contributed by atoms with Crippen LogP contribution in [0.2, 0.25) is 0 Å². The van der Waals surface area contributed by atoms with E-state index in [0.29, 0.717) is 5.56 Å². The molecule has 1 nitrogen and oxygen atoms in total. The summed E-state index contributed by atoms with van der Waals surface area (Å²) in [7, 11) is 0. The molecule has 0 atom stereocenters. The van der Waals surface area contributed by atoms with Crippen LogP contribution < -0.4 is 4.74 Å². The Morgan fingerprint density at radius 1 is 1.10 bits per heavy atom. The van der Waals surface area contributed by atoms with Crippen molar-refractivity contribution in [2.45, 2.75) is 19.0 Å². The Bertz CT molecular complexity index is 653. The molecule has 0 saturated heterocycles. The molecule has 0 fully saturated rings. The van der Waals surface area contributed by atoms with Gasteiger partial charge in [0.2, 0.25) is 0 Å². The van der Waals surface area contributed by atoms with Gasteiger partial charge in [0.15, 0.2) is 0 Å². The molecule has 2 aromatic carbocycles. The van der Waals surface area contributed by atoms with E-state index in [1.54, 1.807) is 6.92 Å². The fourth-order valence-corrected chi connectivity index (χ4v) is 2.04. The molecule has 0 aromatic heterocycles. The Morgan fingerprint density at radius 3 is 2.43 bits per heavy atom. The zero-order valence-corrected chi connectivity index (χ0v) is 11.7. The van der Waals surface area contributed by atoms with E-state index in [0.717, 1.165) is 12.1 Å². The zero-order chi connectivity index (χ0) is 15.6. The van der Waals surface area contributed by atoms with Gasteiger partial charge in [-0.25, -0.2) is 4.39 Å². The molecule has 21 heavy (non-hydrogen) atoms. The van der Waals surface area contributed by atoms with E-state index in [9.17, 15) is 17.6 Å². The molecule has 6 heteroatoms. The highest BCUT2D eigenvalue weighted by atomic mass is 35.5. The van der Waals surface area contributed by atoms with Gasteiger partial charge >= 0.3 is 6.18 Å². The predicted molar refractivity (Wildman–Crippen MR) is 72.2 cm³/mol. The van der Waals surface area contributed by atoms with Crippen molar-refractivity contribution >= 4 is 11.6 Å². The second-order valence-corrected chi connectivity index (χ2v) is 4.73. The first kappa shape index (κ1) is 15.6. The van der Waals surface area contributed by atoms with Crippen LogP contribution in [0.25, 0.3) is 0 Å². The van der Waals surface area contributed by atoms with Crippen molar-refractivity contribution in [2.24, 2.45) is 0 Å². The van der Waals surface area contributed by atoms with E-state index >= 15 is 0 Å². The van der Waals surface area contributed by atoms with Crippen LogP contribution in [0.4, 0.5) is 17.6 Å². The van der Waals surface area contributed by atoms with Crippen molar-refractivity contribution in [2.75, 3.05) is 0 Å². The maximum atomic E-state index is 13.2. The van der Waals surface area contributed by atoms with Crippen LogP contribution in [0.5, 0.6) is 11.5 Å². The molecular formula is C15H11ClF4O. The van der Waals surface area contributed by atoms with Crippen LogP contribution in [0.15, 0.2) is 36.4 Å². The number of halogens is 5. The molecule has 0 amide bonds. The highest BCUT2D eigenvalue weighted by Gasteiger charge is 2.33. The van der Waals surface area contributed by atoms with Crippen LogP contribution in [0, 0.1) is 12.7 Å². The SMILES string of the molecule is Cc1ccc(F)cc1Oc1ccc(CCl)c(C(F)(F)F)c1. The Hall–Kier alpha value is -1.75. The summed E-state index contributed by atoms with van der Waals surface area (Å²) in [6.45, 7) is 1.67. The molecule has 2 aromatic rings. The number of hydrogen-bond acceptors (Lipinski definition) is 1. The van der Waals surface area contributed by atoms with Crippen LogP contribution >= 0.6 is 11.6 Å². The first-order chi connectivity index (χ1) is 9.81. The smallest absolute Gasteiger partial charge is 0.416 e. The summed E-state index contributed by atoms with van der Waals surface area (Å²) in [5.41, 5.74) is -0.275. The number of rotatable bonds is 3. The molecule has 2 rings (SSSR count). The standard InChI is InChI=1S/C15H11ClF4O/c1-9-2-4-11(17)6-14(9)21-12-5-3-10(8-16)13(7-12)15(18,19)20/h2-7H,8H2,1H3. The van der Waals surface area contributed by atoms with E-state index in [1.807, 2.05) is 0 Å². The Kier molecular flexibility index (Phi) is 4.42. The molecule has 112 valence electrons. The van der Waals surface area contributed by atoms with Gasteiger partial charge in [-0.15, -0.1) is 11.6 Å². The van der Waals surface area contributed by atoms with Gasteiger partial charge < -0.3 is 4.74 Å². The molecule has 0 N–H and O–H groups in total. The highest BCUT2D eigenvalue weighted by molar-refractivity contribution is 6.17. The van der Waals surface area contributed by atoms with Crippen molar-refractivity contribution in [3.05, 3.63) is 58.9 Å². The first-order valence-corrected chi connectivity index (χ1v) is 6.55. The largest absolute Gasteiger partial charge is 0.457 e. The van der Waals surface area contributed by atoms with Crippen LogP contribution in [0.1, 0.15) is 16.7 Å². The van der Waals surface area contributed by atoms with Gasteiger partial charge in [0.05, 0.1) is 5.56 Å². The van der Waals surface area contributed by atoms with E-state index in [4.69, 9.17) is 16.3 Å². The molecule has 0 unspecified atom stereocenters. The number of ether oxygens (including phenoxy) is 1. The molecule has 0 spiro atoms. The molecule has 0 aliphatic heterocycles. The molecule has 0 bridgehead atoms. The van der Waals surface area contributed by atoms with Crippen LogP contribution in [-0.4, -0.2) is 0 Å². The van der Waals surface area contributed by atoms with Crippen molar-refractivity contribution in [1.29, 1.82) is 0 Å². The quantitative estimate of drug-likeness (QED) is 0.522.